The van der Waals surface area contributed by atoms with E-state index in [1.165, 1.54) is 24.7 Å². The fraction of sp³-hybridized carbons (Fsp3) is 0.111. The molecule has 2 heterocycles. The number of aromatic nitrogens is 3. The summed E-state index contributed by atoms with van der Waals surface area (Å²) in [5, 5.41) is 0.501. The first-order valence-electron chi connectivity index (χ1n) is 7.46. The molecule has 0 fully saturated rings. The third kappa shape index (κ3) is 4.16. The molecule has 0 unspecified atom stereocenters. The zero-order valence-corrected chi connectivity index (χ0v) is 14.1. The molecule has 0 aliphatic rings. The molecular weight excluding hydrogens is 343 g/mol. The molecule has 5 nitrogen and oxygen atoms in total. The molecule has 7 heteroatoms. The molecule has 126 valence electrons. The summed E-state index contributed by atoms with van der Waals surface area (Å²) in [7, 11) is 1.75. The highest BCUT2D eigenvalue weighted by molar-refractivity contribution is 6.30. The van der Waals surface area contributed by atoms with Crippen LogP contribution in [0.3, 0.4) is 0 Å². The van der Waals surface area contributed by atoms with Gasteiger partial charge in [0, 0.05) is 35.2 Å². The van der Waals surface area contributed by atoms with Crippen molar-refractivity contribution in [3.63, 3.8) is 0 Å². The normalized spacial score (nSPS) is 10.5. The monoisotopic (exact) mass is 356 g/mol. The van der Waals surface area contributed by atoms with E-state index >= 15 is 0 Å². The van der Waals surface area contributed by atoms with Crippen LogP contribution in [0.25, 0.3) is 0 Å². The van der Waals surface area contributed by atoms with Crippen LogP contribution in [-0.4, -0.2) is 27.8 Å². The van der Waals surface area contributed by atoms with E-state index in [1.54, 1.807) is 42.5 Å². The van der Waals surface area contributed by atoms with Crippen molar-refractivity contribution in [2.45, 2.75) is 6.42 Å². The van der Waals surface area contributed by atoms with Crippen LogP contribution in [0.2, 0.25) is 5.02 Å². The van der Waals surface area contributed by atoms with Gasteiger partial charge in [-0.15, -0.1) is 0 Å². The fourth-order valence-corrected chi connectivity index (χ4v) is 2.54. The summed E-state index contributed by atoms with van der Waals surface area (Å²) in [6.07, 6.45) is 6.20. The van der Waals surface area contributed by atoms with E-state index < -0.39 is 5.82 Å². The number of halogens is 2. The topological polar surface area (TPSA) is 59.0 Å². The summed E-state index contributed by atoms with van der Waals surface area (Å²) in [6.45, 7) is 0. The van der Waals surface area contributed by atoms with E-state index in [4.69, 9.17) is 11.6 Å². The second kappa shape index (κ2) is 7.36. The summed E-state index contributed by atoms with van der Waals surface area (Å²) >= 11 is 5.90. The van der Waals surface area contributed by atoms with Crippen LogP contribution in [0, 0.1) is 5.82 Å². The molecule has 1 aromatic carbocycles. The van der Waals surface area contributed by atoms with E-state index in [-0.39, 0.29) is 17.8 Å². The molecule has 0 radical (unpaired) electrons. The lowest BCUT2D eigenvalue weighted by atomic mass is 10.0. The first-order chi connectivity index (χ1) is 12.0. The highest BCUT2D eigenvalue weighted by Gasteiger charge is 2.14. The van der Waals surface area contributed by atoms with Crippen LogP contribution in [0.5, 0.6) is 0 Å². The molecule has 3 rings (SSSR count). The van der Waals surface area contributed by atoms with Crippen LogP contribution in [0.15, 0.2) is 55.2 Å². The molecule has 0 bridgehead atoms. The van der Waals surface area contributed by atoms with Crippen molar-refractivity contribution in [3.8, 4) is 0 Å². The molecule has 25 heavy (non-hydrogen) atoms. The largest absolute Gasteiger partial charge is 0.342 e. The van der Waals surface area contributed by atoms with Gasteiger partial charge in [0.1, 0.15) is 12.1 Å². The number of hydrogen-bond donors (Lipinski definition) is 0. The Morgan fingerprint density at radius 1 is 1.16 bits per heavy atom. The number of rotatable bonds is 5. The molecule has 0 aliphatic heterocycles. The number of benzene rings is 1. The van der Waals surface area contributed by atoms with Gasteiger partial charge in [-0.3, -0.25) is 9.78 Å². The maximum absolute atomic E-state index is 14.0. The number of pyridine rings is 1. The number of ketones is 1. The Kier molecular flexibility index (Phi) is 5.00. The van der Waals surface area contributed by atoms with E-state index in [2.05, 4.69) is 15.0 Å². The van der Waals surface area contributed by atoms with E-state index in [1.807, 2.05) is 0 Å². The minimum Gasteiger partial charge on any atom is -0.342 e. The van der Waals surface area contributed by atoms with Gasteiger partial charge in [-0.25, -0.2) is 14.4 Å². The second-order valence-corrected chi connectivity index (χ2v) is 5.86. The van der Waals surface area contributed by atoms with Gasteiger partial charge in [0.15, 0.2) is 5.78 Å². The maximum Gasteiger partial charge on any atom is 0.168 e. The molecule has 0 aliphatic carbocycles. The van der Waals surface area contributed by atoms with Crippen molar-refractivity contribution in [1.82, 2.24) is 15.0 Å². The average molecular weight is 357 g/mol. The van der Waals surface area contributed by atoms with Gasteiger partial charge < -0.3 is 4.90 Å². The summed E-state index contributed by atoms with van der Waals surface area (Å²) in [5.74, 6) is -0.739. The summed E-state index contributed by atoms with van der Waals surface area (Å²) in [6, 6.07) is 7.44. The van der Waals surface area contributed by atoms with Gasteiger partial charge >= 0.3 is 0 Å². The zero-order valence-electron chi connectivity index (χ0n) is 13.4. The minimum absolute atomic E-state index is 0.0433. The number of anilines is 2. The number of carbonyl (C=O) groups excluding carboxylic acids is 1. The lowest BCUT2D eigenvalue weighted by Gasteiger charge is -2.19. The Balaban J connectivity index is 1.87. The SMILES string of the molecule is CN(c1cncnc1)c1cc(F)cc(C(=O)Cc2cc(Cl)ccn2)c1. The van der Waals surface area contributed by atoms with Gasteiger partial charge in [0.2, 0.25) is 0 Å². The zero-order chi connectivity index (χ0) is 17.8. The first kappa shape index (κ1) is 17.0. The third-order valence-corrected chi connectivity index (χ3v) is 3.88. The molecule has 0 saturated heterocycles. The molecule has 0 amide bonds. The van der Waals surface area contributed by atoms with Crippen molar-refractivity contribution in [1.29, 1.82) is 0 Å². The van der Waals surface area contributed by atoms with E-state index in [0.717, 1.165) is 0 Å². The van der Waals surface area contributed by atoms with Gasteiger partial charge in [-0.05, 0) is 30.3 Å². The van der Waals surface area contributed by atoms with Gasteiger partial charge in [-0.2, -0.15) is 0 Å². The Morgan fingerprint density at radius 2 is 1.92 bits per heavy atom. The first-order valence-corrected chi connectivity index (χ1v) is 7.83. The lowest BCUT2D eigenvalue weighted by Crippen LogP contribution is -2.12. The summed E-state index contributed by atoms with van der Waals surface area (Å²) in [5.41, 5.74) is 2.01. The van der Waals surface area contributed by atoms with Gasteiger partial charge in [0.25, 0.3) is 0 Å². The molecular formula is C18H14ClFN4O. The maximum atomic E-state index is 14.0. The molecule has 2 aromatic heterocycles. The van der Waals surface area contributed by atoms with Crippen LogP contribution in [-0.2, 0) is 6.42 Å². The Labute approximate surface area is 149 Å². The number of hydrogen-bond acceptors (Lipinski definition) is 5. The summed E-state index contributed by atoms with van der Waals surface area (Å²) < 4.78 is 14.0. The highest BCUT2D eigenvalue weighted by atomic mass is 35.5. The fourth-order valence-electron chi connectivity index (χ4n) is 2.35. The predicted octanol–water partition coefficient (Wildman–Crippen LogP) is 3.86. The Morgan fingerprint density at radius 3 is 2.64 bits per heavy atom. The number of Topliss-reactive ketones (excluding diaryl/α,β-unsaturated/α-hetero) is 1. The molecule has 0 N–H and O–H groups in total. The number of carbonyl (C=O) groups is 1. The highest BCUT2D eigenvalue weighted by Crippen LogP contribution is 2.25. The summed E-state index contributed by atoms with van der Waals surface area (Å²) in [4.78, 5) is 26.2. The van der Waals surface area contributed by atoms with Crippen molar-refractivity contribution >= 4 is 28.8 Å². The minimum atomic E-state index is -0.497. The molecule has 0 atom stereocenters. The van der Waals surface area contributed by atoms with Gasteiger partial charge in [0.05, 0.1) is 24.5 Å². The van der Waals surface area contributed by atoms with Crippen molar-refractivity contribution in [3.05, 3.63) is 77.3 Å². The number of nitrogens with zero attached hydrogens (tertiary/aromatic N) is 4. The van der Waals surface area contributed by atoms with E-state index in [9.17, 15) is 9.18 Å². The van der Waals surface area contributed by atoms with Crippen molar-refractivity contribution in [2.75, 3.05) is 11.9 Å². The van der Waals surface area contributed by atoms with Crippen molar-refractivity contribution < 1.29 is 9.18 Å². The van der Waals surface area contributed by atoms with E-state index in [0.29, 0.717) is 22.1 Å². The molecule has 3 aromatic rings. The smallest absolute Gasteiger partial charge is 0.168 e. The van der Waals surface area contributed by atoms with Gasteiger partial charge in [-0.1, -0.05) is 11.6 Å². The molecule has 0 spiro atoms. The third-order valence-electron chi connectivity index (χ3n) is 3.65. The Bertz CT molecular complexity index is 905. The standard InChI is InChI=1S/C18H14ClFN4O/c1-24(17-9-21-11-22-10-17)16-5-12(4-14(20)7-16)18(25)8-15-6-13(19)2-3-23-15/h2-7,9-11H,8H2,1H3. The van der Waals surface area contributed by atoms with Crippen LogP contribution in [0.1, 0.15) is 16.1 Å². The van der Waals surface area contributed by atoms with Crippen LogP contribution < -0.4 is 4.90 Å². The lowest BCUT2D eigenvalue weighted by molar-refractivity contribution is 0.0991. The van der Waals surface area contributed by atoms with Crippen molar-refractivity contribution in [2.24, 2.45) is 0 Å². The van der Waals surface area contributed by atoms with Crippen LogP contribution >= 0.6 is 11.6 Å². The average Bonchev–Trinajstić information content (AvgIpc) is 2.61. The predicted molar refractivity (Wildman–Crippen MR) is 93.8 cm³/mol. The second-order valence-electron chi connectivity index (χ2n) is 5.42. The molecule has 0 saturated carbocycles. The van der Waals surface area contributed by atoms with Crippen LogP contribution in [0.4, 0.5) is 15.8 Å². The Hall–Kier alpha value is -2.86. The quantitative estimate of drug-likeness (QED) is 0.650.